The summed E-state index contributed by atoms with van der Waals surface area (Å²) in [7, 11) is 2.01. The summed E-state index contributed by atoms with van der Waals surface area (Å²) in [5.74, 6) is 0.405. The van der Waals surface area contributed by atoms with Gasteiger partial charge in [0.15, 0.2) is 6.29 Å². The zero-order valence-corrected chi connectivity index (χ0v) is 46.8. The molecule has 0 aliphatic carbocycles. The van der Waals surface area contributed by atoms with Crippen LogP contribution in [0.2, 0.25) is 0 Å². The molecular formula is C66H77N2O11S+. The normalized spacial score (nSPS) is 22.9. The molecule has 0 amide bonds. The van der Waals surface area contributed by atoms with Crippen LogP contribution in [0.3, 0.4) is 0 Å². The van der Waals surface area contributed by atoms with Crippen molar-refractivity contribution in [3.8, 4) is 0 Å². The minimum absolute atomic E-state index is 0.108. The molecular weight excluding hydrogens is 1030 g/mol. The number of carbonyl (C=O) groups excluding carboxylic acids is 1. The van der Waals surface area contributed by atoms with Crippen LogP contribution in [0.5, 0.6) is 0 Å². The van der Waals surface area contributed by atoms with Gasteiger partial charge in [0.05, 0.1) is 59.8 Å². The molecule has 0 N–H and O–H groups in total. The van der Waals surface area contributed by atoms with Crippen LogP contribution in [0.4, 0.5) is 0 Å². The van der Waals surface area contributed by atoms with Gasteiger partial charge in [0.1, 0.15) is 73.3 Å². The molecule has 0 unspecified atom stereocenters. The molecule has 80 heavy (non-hydrogen) atoms. The SMILES string of the molecule is CCS[C@@H]1O[C@H](COC(=O)CCCCCn2cc[n+](C)c2)[C@@H](O[C@H]2O[C@H](COCc3ccccc3)[C@H](OCc3ccccc3)[C@H](OCc3ccccc3)[C@H]2OCc2ccccc2)[C@H](OCc2ccccc2)[C@H]1OCc1ccccc1. The number of nitrogens with zero attached hydrogens (tertiary/aromatic N) is 2. The van der Waals surface area contributed by atoms with Crippen molar-refractivity contribution in [2.75, 3.05) is 19.0 Å². The van der Waals surface area contributed by atoms with Crippen molar-refractivity contribution in [3.05, 3.63) is 234 Å². The predicted octanol–water partition coefficient (Wildman–Crippen LogP) is 11.1. The molecule has 13 nitrogen and oxygen atoms in total. The largest absolute Gasteiger partial charge is 0.463 e. The van der Waals surface area contributed by atoms with Gasteiger partial charge in [-0.1, -0.05) is 189 Å². The zero-order valence-electron chi connectivity index (χ0n) is 46.0. The van der Waals surface area contributed by atoms with Gasteiger partial charge in [-0.3, -0.25) is 4.79 Å². The van der Waals surface area contributed by atoms with Gasteiger partial charge < -0.3 is 47.4 Å². The number of benzene rings is 6. The fraction of sp³-hybridized carbons (Fsp3) is 0.394. The van der Waals surface area contributed by atoms with E-state index < -0.39 is 60.6 Å². The number of aromatic nitrogens is 2. The lowest BCUT2D eigenvalue weighted by molar-refractivity contribution is -0.671. The van der Waals surface area contributed by atoms with Crippen LogP contribution in [-0.2, 0) is 105 Å². The van der Waals surface area contributed by atoms with Crippen LogP contribution in [0, 0.1) is 0 Å². The second-order valence-corrected chi connectivity index (χ2v) is 21.6. The summed E-state index contributed by atoms with van der Waals surface area (Å²) < 4.78 is 74.3. The monoisotopic (exact) mass is 1110 g/mol. The summed E-state index contributed by atoms with van der Waals surface area (Å²) in [6, 6.07) is 60.3. The van der Waals surface area contributed by atoms with Crippen molar-refractivity contribution in [3.63, 3.8) is 0 Å². The van der Waals surface area contributed by atoms with Crippen molar-refractivity contribution >= 4 is 17.7 Å². The van der Waals surface area contributed by atoms with Crippen LogP contribution in [0.25, 0.3) is 0 Å². The Morgan fingerprint density at radius 2 is 0.938 bits per heavy atom. The van der Waals surface area contributed by atoms with E-state index in [1.807, 2.05) is 200 Å². The van der Waals surface area contributed by atoms with E-state index in [0.29, 0.717) is 13.0 Å². The van der Waals surface area contributed by atoms with E-state index in [1.54, 1.807) is 11.8 Å². The number of aryl methyl sites for hydroxylation is 2. The van der Waals surface area contributed by atoms with Crippen LogP contribution in [0.15, 0.2) is 201 Å². The van der Waals surface area contributed by atoms with Crippen LogP contribution < -0.4 is 4.57 Å². The Balaban J connectivity index is 1.08. The summed E-state index contributed by atoms with van der Waals surface area (Å²) in [5, 5.41) is 0. The third-order valence-electron chi connectivity index (χ3n) is 14.2. The maximum absolute atomic E-state index is 13.8. The van der Waals surface area contributed by atoms with Crippen LogP contribution >= 0.6 is 11.8 Å². The number of ether oxygens (including phenoxy) is 10. The highest BCUT2D eigenvalue weighted by Crippen LogP contribution is 2.39. The Labute approximate surface area is 476 Å². The number of imidazole rings is 1. The second kappa shape index (κ2) is 31.8. The van der Waals surface area contributed by atoms with Crippen molar-refractivity contribution in [1.29, 1.82) is 0 Å². The van der Waals surface area contributed by atoms with Gasteiger partial charge in [-0.2, -0.15) is 0 Å². The van der Waals surface area contributed by atoms with Crippen molar-refractivity contribution in [1.82, 2.24) is 4.57 Å². The average Bonchev–Trinajstić information content (AvgIpc) is 4.08. The Kier molecular flexibility index (Phi) is 23.3. The van der Waals surface area contributed by atoms with Crippen LogP contribution in [0.1, 0.15) is 66.0 Å². The molecule has 3 heterocycles. The molecule has 9 rings (SSSR count). The number of thioether (sulfide) groups is 1. The summed E-state index contributed by atoms with van der Waals surface area (Å²) in [4.78, 5) is 13.8. The first kappa shape index (κ1) is 58.6. The molecule has 10 atom stereocenters. The maximum Gasteiger partial charge on any atom is 0.305 e. The molecule has 422 valence electrons. The van der Waals surface area contributed by atoms with Crippen molar-refractivity contribution in [2.45, 2.75) is 139 Å². The minimum atomic E-state index is -1.14. The van der Waals surface area contributed by atoms with Gasteiger partial charge in [-0.15, -0.1) is 11.8 Å². The summed E-state index contributed by atoms with van der Waals surface area (Å²) in [6.07, 6.45) is 1.42. The minimum Gasteiger partial charge on any atom is -0.463 e. The lowest BCUT2D eigenvalue weighted by Crippen LogP contribution is -2.66. The highest BCUT2D eigenvalue weighted by Gasteiger charge is 2.54. The van der Waals surface area contributed by atoms with Gasteiger partial charge in [0, 0.05) is 6.42 Å². The van der Waals surface area contributed by atoms with Gasteiger partial charge in [-0.05, 0) is 58.4 Å². The summed E-state index contributed by atoms with van der Waals surface area (Å²) in [6.45, 7) is 4.57. The lowest BCUT2D eigenvalue weighted by Gasteiger charge is -2.50. The molecule has 6 aromatic carbocycles. The third kappa shape index (κ3) is 18.0. The van der Waals surface area contributed by atoms with Crippen LogP contribution in [-0.4, -0.2) is 90.1 Å². The van der Waals surface area contributed by atoms with Gasteiger partial charge in [0.25, 0.3) is 0 Å². The van der Waals surface area contributed by atoms with E-state index in [-0.39, 0.29) is 58.6 Å². The van der Waals surface area contributed by atoms with Crippen molar-refractivity contribution < 1.29 is 56.7 Å². The lowest BCUT2D eigenvalue weighted by atomic mass is 9.96. The standard InChI is InChI=1S/C66H77N2O11S/c1-3-80-66-64(76-46-55-35-21-9-22-36-55)62(74-44-53-31-17-7-18-32-53)60(57(78-66)48-71-58(69)37-23-10-24-38-68-40-39-67(2)49-68)79-65-63(75-45-54-33-19-8-20-34-54)61(73-43-52-29-15-6-16-30-52)59(72-42-51-27-13-5-14-28-51)56(77-65)47-70-41-50-25-11-4-12-26-50/h4-9,11-22,25-36,39-40,49,56-57,59-66H,3,10,23-24,37-38,41-48H2,1-2H3/q+1/t56-,57-,59+,60-,61+,62+,63-,64-,65-,66+/m1/s1. The van der Waals surface area contributed by atoms with E-state index in [0.717, 1.165) is 58.5 Å². The van der Waals surface area contributed by atoms with E-state index in [1.165, 1.54) is 0 Å². The number of rotatable bonds is 31. The smallest absolute Gasteiger partial charge is 0.305 e. The molecule has 0 spiro atoms. The van der Waals surface area contributed by atoms with E-state index in [9.17, 15) is 4.79 Å². The first-order valence-corrected chi connectivity index (χ1v) is 29.1. The number of hydrogen-bond acceptors (Lipinski definition) is 12. The van der Waals surface area contributed by atoms with E-state index in [4.69, 9.17) is 47.4 Å². The Morgan fingerprint density at radius 1 is 0.500 bits per heavy atom. The topological polar surface area (TPSA) is 118 Å². The molecule has 7 aromatic rings. The molecule has 1 aromatic heterocycles. The molecule has 0 bridgehead atoms. The second-order valence-electron chi connectivity index (χ2n) is 20.3. The Morgan fingerprint density at radius 3 is 1.41 bits per heavy atom. The quantitative estimate of drug-likeness (QED) is 0.0234. The number of carbonyl (C=O) groups is 1. The fourth-order valence-electron chi connectivity index (χ4n) is 10.0. The van der Waals surface area contributed by atoms with Gasteiger partial charge in [-0.25, -0.2) is 9.13 Å². The number of unbranched alkanes of at least 4 members (excludes halogenated alkanes) is 2. The molecule has 0 saturated carbocycles. The Bertz CT molecular complexity index is 2800. The molecule has 0 radical (unpaired) electrons. The first-order chi connectivity index (χ1) is 39.5. The molecule has 2 fully saturated rings. The van der Waals surface area contributed by atoms with E-state index >= 15 is 0 Å². The highest BCUT2D eigenvalue weighted by atomic mass is 32.2. The number of hydrogen-bond donors (Lipinski definition) is 0. The number of esters is 1. The van der Waals surface area contributed by atoms with Crippen molar-refractivity contribution in [2.24, 2.45) is 7.05 Å². The zero-order chi connectivity index (χ0) is 55.0. The van der Waals surface area contributed by atoms with Gasteiger partial charge >= 0.3 is 5.97 Å². The Hall–Kier alpha value is -6.01. The first-order valence-electron chi connectivity index (χ1n) is 28.1. The fourth-order valence-corrected chi connectivity index (χ4v) is 11.0. The predicted molar refractivity (Wildman–Crippen MR) is 307 cm³/mol. The highest BCUT2D eigenvalue weighted by molar-refractivity contribution is 7.99. The molecule has 14 heteroatoms. The van der Waals surface area contributed by atoms with E-state index in [2.05, 4.69) is 24.0 Å². The molecule has 2 aliphatic heterocycles. The average molecular weight is 1110 g/mol. The molecule has 2 saturated heterocycles. The third-order valence-corrected chi connectivity index (χ3v) is 15.2. The molecule has 2 aliphatic rings. The maximum atomic E-state index is 13.8. The summed E-state index contributed by atoms with van der Waals surface area (Å²) in [5.41, 5.74) is 5.36. The van der Waals surface area contributed by atoms with Gasteiger partial charge in [0.2, 0.25) is 6.33 Å². The summed E-state index contributed by atoms with van der Waals surface area (Å²) >= 11 is 1.61.